The minimum absolute atomic E-state index is 0.468. The monoisotopic (exact) mass is 241 g/mol. The van der Waals surface area contributed by atoms with Gasteiger partial charge in [-0.2, -0.15) is 0 Å². The maximum atomic E-state index is 2.78. The van der Waals surface area contributed by atoms with E-state index in [0.29, 0.717) is 5.41 Å². The Bertz CT molecular complexity index is 464. The zero-order valence-electron chi connectivity index (χ0n) is 11.5. The van der Waals surface area contributed by atoms with E-state index in [4.69, 9.17) is 0 Å². The van der Waals surface area contributed by atoms with Gasteiger partial charge < -0.3 is 0 Å². The Kier molecular flexibility index (Phi) is 2.21. The highest BCUT2D eigenvalue weighted by atomic mass is 15.2. The molecule has 0 radical (unpaired) electrons. The lowest BCUT2D eigenvalue weighted by Gasteiger charge is -2.62. The molecule has 3 aliphatic heterocycles. The van der Waals surface area contributed by atoms with Crippen LogP contribution in [0.3, 0.4) is 0 Å². The summed E-state index contributed by atoms with van der Waals surface area (Å²) in [4.78, 5) is 2.78. The number of hydrogen-bond acceptors (Lipinski definition) is 1. The fraction of sp³-hybridized carbons (Fsp3) is 0.647. The second-order valence-corrected chi connectivity index (χ2v) is 6.98. The average molecular weight is 241 g/mol. The van der Waals surface area contributed by atoms with Crippen molar-refractivity contribution < 1.29 is 0 Å². The van der Waals surface area contributed by atoms with Gasteiger partial charge in [0.05, 0.1) is 0 Å². The van der Waals surface area contributed by atoms with E-state index in [-0.39, 0.29) is 0 Å². The van der Waals surface area contributed by atoms with E-state index in [2.05, 4.69) is 43.0 Å². The standard InChI is InChI=1S/C17H23N/c1-12-5-3-4-6-16(12)17-8-14-7-15(9-17)11-18(10-14)13(17)2/h3-6,13-15H,7-11H2,1-2H3/t13-,14?,15?,17?/m1/s1. The van der Waals surface area contributed by atoms with Crippen molar-refractivity contribution in [2.75, 3.05) is 13.1 Å². The highest BCUT2D eigenvalue weighted by Gasteiger charge is 2.55. The van der Waals surface area contributed by atoms with Crippen LogP contribution >= 0.6 is 0 Å². The Balaban J connectivity index is 1.85. The molecule has 1 saturated carbocycles. The number of nitrogens with zero attached hydrogens (tertiary/aromatic N) is 1. The lowest BCUT2D eigenvalue weighted by molar-refractivity contribution is -0.0788. The molecular weight excluding hydrogens is 218 g/mol. The Hall–Kier alpha value is -0.820. The number of rotatable bonds is 1. The first-order valence-electron chi connectivity index (χ1n) is 7.49. The Morgan fingerprint density at radius 3 is 2.44 bits per heavy atom. The van der Waals surface area contributed by atoms with E-state index in [1.54, 1.807) is 5.56 Å². The fourth-order valence-corrected chi connectivity index (χ4v) is 5.35. The molecule has 4 aliphatic rings. The third kappa shape index (κ3) is 1.31. The average Bonchev–Trinajstić information content (AvgIpc) is 2.35. The highest BCUT2D eigenvalue weighted by molar-refractivity contribution is 5.37. The van der Waals surface area contributed by atoms with E-state index in [0.717, 1.165) is 17.9 Å². The molecule has 18 heavy (non-hydrogen) atoms. The van der Waals surface area contributed by atoms with Gasteiger partial charge in [-0.1, -0.05) is 24.3 Å². The van der Waals surface area contributed by atoms with Gasteiger partial charge in [0.2, 0.25) is 0 Å². The molecule has 5 rings (SSSR count). The molecule has 1 nitrogen and oxygen atoms in total. The van der Waals surface area contributed by atoms with Gasteiger partial charge in [-0.15, -0.1) is 0 Å². The summed E-state index contributed by atoms with van der Waals surface area (Å²) in [7, 11) is 0. The van der Waals surface area contributed by atoms with Crippen LogP contribution in [0, 0.1) is 18.8 Å². The highest BCUT2D eigenvalue weighted by Crippen LogP contribution is 2.55. The van der Waals surface area contributed by atoms with Crippen LogP contribution in [-0.2, 0) is 5.41 Å². The minimum atomic E-state index is 0.468. The van der Waals surface area contributed by atoms with Crippen LogP contribution < -0.4 is 0 Å². The number of aryl methyl sites for hydroxylation is 1. The summed E-state index contributed by atoms with van der Waals surface area (Å²) in [6.45, 7) is 7.51. The van der Waals surface area contributed by atoms with E-state index in [1.165, 1.54) is 37.9 Å². The van der Waals surface area contributed by atoms with Crippen molar-refractivity contribution in [2.45, 2.75) is 44.6 Å². The Morgan fingerprint density at radius 1 is 1.11 bits per heavy atom. The van der Waals surface area contributed by atoms with Crippen LogP contribution in [0.4, 0.5) is 0 Å². The predicted molar refractivity (Wildman–Crippen MR) is 74.7 cm³/mol. The predicted octanol–water partition coefficient (Wildman–Crippen LogP) is 3.37. The van der Waals surface area contributed by atoms with Crippen LogP contribution in [-0.4, -0.2) is 24.0 Å². The second kappa shape index (κ2) is 3.60. The van der Waals surface area contributed by atoms with Gasteiger partial charge in [-0.05, 0) is 56.1 Å². The molecule has 0 spiro atoms. The van der Waals surface area contributed by atoms with Gasteiger partial charge >= 0.3 is 0 Å². The second-order valence-electron chi connectivity index (χ2n) is 6.98. The Labute approximate surface area is 110 Å². The maximum Gasteiger partial charge on any atom is 0.0164 e. The molecule has 1 aliphatic carbocycles. The zero-order valence-corrected chi connectivity index (χ0v) is 11.5. The third-order valence-corrected chi connectivity index (χ3v) is 5.99. The summed E-state index contributed by atoms with van der Waals surface area (Å²) in [6.07, 6.45) is 4.37. The largest absolute Gasteiger partial charge is 0.299 e. The summed E-state index contributed by atoms with van der Waals surface area (Å²) in [6, 6.07) is 9.87. The van der Waals surface area contributed by atoms with E-state index < -0.39 is 0 Å². The van der Waals surface area contributed by atoms with Gasteiger partial charge in [0.1, 0.15) is 0 Å². The van der Waals surface area contributed by atoms with Crippen molar-refractivity contribution in [2.24, 2.45) is 11.8 Å². The molecule has 1 aromatic rings. The molecule has 4 fully saturated rings. The van der Waals surface area contributed by atoms with Crippen molar-refractivity contribution in [1.82, 2.24) is 4.90 Å². The maximum absolute atomic E-state index is 2.78. The van der Waals surface area contributed by atoms with Crippen molar-refractivity contribution in [3.05, 3.63) is 35.4 Å². The van der Waals surface area contributed by atoms with Gasteiger partial charge in [0.15, 0.2) is 0 Å². The number of piperidine rings is 3. The fourth-order valence-electron chi connectivity index (χ4n) is 5.35. The molecule has 0 amide bonds. The zero-order chi connectivity index (χ0) is 12.3. The molecule has 96 valence electrons. The van der Waals surface area contributed by atoms with Gasteiger partial charge in [0, 0.05) is 24.5 Å². The van der Waals surface area contributed by atoms with Crippen LogP contribution in [0.25, 0.3) is 0 Å². The lowest BCUT2D eigenvalue weighted by Crippen LogP contribution is -2.65. The van der Waals surface area contributed by atoms with Crippen molar-refractivity contribution in [3.63, 3.8) is 0 Å². The molecule has 2 unspecified atom stereocenters. The van der Waals surface area contributed by atoms with Crippen molar-refractivity contribution >= 4 is 0 Å². The van der Waals surface area contributed by atoms with Crippen LogP contribution in [0.2, 0.25) is 0 Å². The molecule has 3 saturated heterocycles. The van der Waals surface area contributed by atoms with Crippen LogP contribution in [0.1, 0.15) is 37.3 Å². The van der Waals surface area contributed by atoms with Crippen molar-refractivity contribution in [3.8, 4) is 0 Å². The summed E-state index contributed by atoms with van der Waals surface area (Å²) < 4.78 is 0. The molecule has 1 aromatic carbocycles. The normalized spacial score (nSPS) is 45.4. The third-order valence-electron chi connectivity index (χ3n) is 5.99. The molecule has 0 N–H and O–H groups in total. The molecule has 1 heteroatoms. The van der Waals surface area contributed by atoms with Crippen molar-refractivity contribution in [1.29, 1.82) is 0 Å². The van der Waals surface area contributed by atoms with Gasteiger partial charge in [-0.25, -0.2) is 0 Å². The van der Waals surface area contributed by atoms with Crippen LogP contribution in [0.15, 0.2) is 24.3 Å². The van der Waals surface area contributed by atoms with Crippen LogP contribution in [0.5, 0.6) is 0 Å². The first kappa shape index (κ1) is 11.0. The molecule has 3 heterocycles. The first-order chi connectivity index (χ1) is 8.69. The molecular formula is C17H23N. The smallest absolute Gasteiger partial charge is 0.0164 e. The van der Waals surface area contributed by atoms with E-state index >= 15 is 0 Å². The summed E-state index contributed by atoms with van der Waals surface area (Å²) >= 11 is 0. The summed E-state index contributed by atoms with van der Waals surface area (Å²) in [5, 5.41) is 0. The lowest BCUT2D eigenvalue weighted by atomic mass is 9.53. The first-order valence-corrected chi connectivity index (χ1v) is 7.49. The summed E-state index contributed by atoms with van der Waals surface area (Å²) in [5.74, 6) is 1.93. The molecule has 0 aromatic heterocycles. The number of hydrogen-bond donors (Lipinski definition) is 0. The van der Waals surface area contributed by atoms with Gasteiger partial charge in [0.25, 0.3) is 0 Å². The van der Waals surface area contributed by atoms with Gasteiger partial charge in [-0.3, -0.25) is 4.90 Å². The topological polar surface area (TPSA) is 3.24 Å². The molecule has 3 atom stereocenters. The molecule has 4 bridgehead atoms. The van der Waals surface area contributed by atoms with E-state index in [1.807, 2.05) is 0 Å². The number of benzene rings is 1. The quantitative estimate of drug-likeness (QED) is 0.728. The minimum Gasteiger partial charge on any atom is -0.299 e. The van der Waals surface area contributed by atoms with E-state index in [9.17, 15) is 0 Å². The summed E-state index contributed by atoms with van der Waals surface area (Å²) in [5.41, 5.74) is 3.62. The Morgan fingerprint density at radius 2 is 1.78 bits per heavy atom. The SMILES string of the molecule is Cc1ccccc1C12CC3CC(CN(C3)[C@@H]1C)C2.